The molecule has 2 N–H and O–H groups in total. The third kappa shape index (κ3) is 4.83. The topological polar surface area (TPSA) is 55.8 Å². The van der Waals surface area contributed by atoms with Crippen LogP contribution in [0, 0.1) is 17.8 Å². The summed E-state index contributed by atoms with van der Waals surface area (Å²) in [5.41, 5.74) is -0.0414. The van der Waals surface area contributed by atoms with Gasteiger partial charge in [-0.25, -0.2) is 4.79 Å². The van der Waals surface area contributed by atoms with Crippen LogP contribution in [0.25, 0.3) is 0 Å². The predicted octanol–water partition coefficient (Wildman–Crippen LogP) is 2.16. The van der Waals surface area contributed by atoms with Gasteiger partial charge < -0.3 is 15.3 Å². The van der Waals surface area contributed by atoms with Crippen molar-refractivity contribution in [3.63, 3.8) is 0 Å². The van der Waals surface area contributed by atoms with Gasteiger partial charge in [0.05, 0.1) is 6.10 Å². The van der Waals surface area contributed by atoms with Gasteiger partial charge in [-0.2, -0.15) is 0 Å². The summed E-state index contributed by atoms with van der Waals surface area (Å²) in [6.07, 6.45) is 1.77. The molecule has 2 fully saturated rings. The van der Waals surface area contributed by atoms with Crippen molar-refractivity contribution in [3.05, 3.63) is 0 Å². The number of nitrogens with one attached hydrogen (secondary N) is 1. The van der Waals surface area contributed by atoms with Crippen molar-refractivity contribution in [2.24, 2.45) is 17.8 Å². The fourth-order valence-electron chi connectivity index (χ4n) is 3.91. The minimum atomic E-state index is -0.397. The molecule has 0 aromatic carbocycles. The largest absolute Gasteiger partial charge is 0.391 e. The minimum absolute atomic E-state index is 0.0397. The number of aliphatic hydroxyl groups excluding tert-OH is 1. The van der Waals surface area contributed by atoms with E-state index in [2.05, 4.69) is 37.9 Å². The Morgan fingerprint density at radius 2 is 1.78 bits per heavy atom. The molecule has 2 aliphatic rings. The maximum atomic E-state index is 12.4. The van der Waals surface area contributed by atoms with E-state index >= 15 is 0 Å². The number of aliphatic hydroxyl groups is 1. The van der Waals surface area contributed by atoms with Crippen LogP contribution in [-0.2, 0) is 0 Å². The molecule has 0 spiro atoms. The molecule has 5 heteroatoms. The Morgan fingerprint density at radius 1 is 1.17 bits per heavy atom. The summed E-state index contributed by atoms with van der Waals surface area (Å²) in [6.45, 7) is 15.1. The van der Waals surface area contributed by atoms with E-state index in [0.29, 0.717) is 24.9 Å². The highest BCUT2D eigenvalue weighted by atomic mass is 16.3. The summed E-state index contributed by atoms with van der Waals surface area (Å²) in [4.78, 5) is 16.7. The lowest BCUT2D eigenvalue weighted by atomic mass is 9.88. The van der Waals surface area contributed by atoms with Crippen LogP contribution >= 0.6 is 0 Å². The van der Waals surface area contributed by atoms with Crippen LogP contribution in [0.4, 0.5) is 4.79 Å². The monoisotopic (exact) mass is 325 g/mol. The van der Waals surface area contributed by atoms with Gasteiger partial charge in [0.15, 0.2) is 0 Å². The Balaban J connectivity index is 1.85. The molecule has 23 heavy (non-hydrogen) atoms. The minimum Gasteiger partial charge on any atom is -0.391 e. The molecule has 2 aliphatic heterocycles. The average Bonchev–Trinajstić information content (AvgIpc) is 2.46. The normalized spacial score (nSPS) is 33.6. The maximum absolute atomic E-state index is 12.4. The fraction of sp³-hybridized carbons (Fsp3) is 0.944. The van der Waals surface area contributed by atoms with Gasteiger partial charge in [-0.3, -0.25) is 4.90 Å². The zero-order valence-electron chi connectivity index (χ0n) is 15.5. The Hall–Kier alpha value is -0.810. The van der Waals surface area contributed by atoms with Crippen molar-refractivity contribution < 1.29 is 9.90 Å². The van der Waals surface area contributed by atoms with Crippen LogP contribution in [0.1, 0.15) is 47.5 Å². The van der Waals surface area contributed by atoms with Crippen LogP contribution in [0.15, 0.2) is 0 Å². The molecule has 4 unspecified atom stereocenters. The summed E-state index contributed by atoms with van der Waals surface area (Å²) < 4.78 is 0. The Morgan fingerprint density at radius 3 is 2.35 bits per heavy atom. The predicted molar refractivity (Wildman–Crippen MR) is 93.4 cm³/mol. The first-order chi connectivity index (χ1) is 10.7. The number of β-amino-alcohol motifs (C(OH)–C–C–N with tert-alkyl or cyclic N) is 1. The van der Waals surface area contributed by atoms with E-state index in [1.807, 2.05) is 6.92 Å². The molecule has 0 radical (unpaired) electrons. The third-order valence-corrected chi connectivity index (χ3v) is 5.60. The molecule has 2 amide bonds. The Kier molecular flexibility index (Phi) is 5.95. The number of rotatable bonds is 3. The van der Waals surface area contributed by atoms with Crippen LogP contribution in [0.2, 0.25) is 0 Å². The number of likely N-dealkylation sites (tertiary alicyclic amines) is 2. The van der Waals surface area contributed by atoms with Crippen LogP contribution in [-0.4, -0.2) is 65.3 Å². The zero-order chi connectivity index (χ0) is 17.2. The van der Waals surface area contributed by atoms with E-state index in [9.17, 15) is 9.90 Å². The lowest BCUT2D eigenvalue weighted by molar-refractivity contribution is 0.0357. The summed E-state index contributed by atoms with van der Waals surface area (Å²) in [7, 11) is 0. The molecule has 0 bridgehead atoms. The molecule has 0 aliphatic carbocycles. The quantitative estimate of drug-likeness (QED) is 0.836. The molecule has 4 atom stereocenters. The number of urea groups is 1. The average molecular weight is 325 g/mol. The molecule has 5 nitrogen and oxygen atoms in total. The van der Waals surface area contributed by atoms with Gasteiger partial charge in [0.1, 0.15) is 0 Å². The van der Waals surface area contributed by atoms with E-state index < -0.39 is 6.10 Å². The van der Waals surface area contributed by atoms with Crippen molar-refractivity contribution >= 4 is 6.03 Å². The second kappa shape index (κ2) is 7.39. The van der Waals surface area contributed by atoms with Crippen LogP contribution in [0.3, 0.4) is 0 Å². The molecule has 134 valence electrons. The highest BCUT2D eigenvalue weighted by Crippen LogP contribution is 2.27. The Labute approximate surface area is 141 Å². The van der Waals surface area contributed by atoms with Gasteiger partial charge in [-0.15, -0.1) is 0 Å². The summed E-state index contributed by atoms with van der Waals surface area (Å²) >= 11 is 0. The molecule has 0 saturated carbocycles. The van der Waals surface area contributed by atoms with E-state index in [4.69, 9.17) is 0 Å². The standard InChI is InChI=1S/C18H35N3O2/c1-13-8-14(2)10-21(9-13)18(4,5)12-19-17(23)20-7-6-15(3)16(22)11-20/h13-16,22H,6-12H2,1-5H3,(H,19,23). The number of hydrogen-bond donors (Lipinski definition) is 2. The van der Waals surface area contributed by atoms with E-state index in [1.165, 1.54) is 6.42 Å². The molecule has 0 aromatic heterocycles. The van der Waals surface area contributed by atoms with Crippen molar-refractivity contribution in [1.82, 2.24) is 15.1 Å². The highest BCUT2D eigenvalue weighted by Gasteiger charge is 2.34. The number of amides is 2. The van der Waals surface area contributed by atoms with Gasteiger partial charge in [-0.05, 0) is 44.4 Å². The third-order valence-electron chi connectivity index (χ3n) is 5.60. The van der Waals surface area contributed by atoms with Crippen LogP contribution < -0.4 is 5.32 Å². The maximum Gasteiger partial charge on any atom is 0.317 e. The number of nitrogens with zero attached hydrogens (tertiary/aromatic N) is 2. The highest BCUT2D eigenvalue weighted by molar-refractivity contribution is 5.74. The lowest BCUT2D eigenvalue weighted by Crippen LogP contribution is -2.58. The van der Waals surface area contributed by atoms with Crippen molar-refractivity contribution in [2.75, 3.05) is 32.7 Å². The van der Waals surface area contributed by atoms with Gasteiger partial charge in [0.2, 0.25) is 0 Å². The Bertz CT molecular complexity index is 403. The number of piperidine rings is 2. The van der Waals surface area contributed by atoms with Crippen molar-refractivity contribution in [1.29, 1.82) is 0 Å². The first-order valence-electron chi connectivity index (χ1n) is 9.15. The summed E-state index contributed by atoms with van der Waals surface area (Å²) in [6, 6.07) is -0.0397. The molecule has 2 saturated heterocycles. The van der Waals surface area contributed by atoms with Crippen molar-refractivity contribution in [2.45, 2.75) is 59.1 Å². The lowest BCUT2D eigenvalue weighted by Gasteiger charge is -2.45. The van der Waals surface area contributed by atoms with E-state index in [1.54, 1.807) is 4.90 Å². The first kappa shape index (κ1) is 18.5. The number of carbonyl (C=O) groups is 1. The number of carbonyl (C=O) groups excluding carboxylic acids is 1. The second-order valence-electron chi connectivity index (χ2n) is 8.60. The first-order valence-corrected chi connectivity index (χ1v) is 9.15. The van der Waals surface area contributed by atoms with Crippen LogP contribution in [0.5, 0.6) is 0 Å². The van der Waals surface area contributed by atoms with Crippen molar-refractivity contribution in [3.8, 4) is 0 Å². The SMILES string of the molecule is CC1CC(C)CN(C(C)(C)CNC(=O)N2CCC(C)C(O)C2)C1. The fourth-order valence-corrected chi connectivity index (χ4v) is 3.91. The summed E-state index contributed by atoms with van der Waals surface area (Å²) in [5, 5.41) is 13.0. The van der Waals surface area contributed by atoms with Gasteiger partial charge in [0.25, 0.3) is 0 Å². The van der Waals surface area contributed by atoms with E-state index in [0.717, 1.165) is 26.1 Å². The van der Waals surface area contributed by atoms with Gasteiger partial charge in [-0.1, -0.05) is 20.8 Å². The molecule has 2 heterocycles. The van der Waals surface area contributed by atoms with Gasteiger partial charge >= 0.3 is 6.03 Å². The molecule has 2 rings (SSSR count). The molecule has 0 aromatic rings. The number of hydrogen-bond acceptors (Lipinski definition) is 3. The van der Waals surface area contributed by atoms with Gasteiger partial charge in [0, 0.05) is 38.3 Å². The summed E-state index contributed by atoms with van der Waals surface area (Å²) in [5.74, 6) is 1.71. The zero-order valence-corrected chi connectivity index (χ0v) is 15.5. The molecular weight excluding hydrogens is 290 g/mol. The second-order valence-corrected chi connectivity index (χ2v) is 8.60. The smallest absolute Gasteiger partial charge is 0.317 e. The van der Waals surface area contributed by atoms with E-state index in [-0.39, 0.29) is 17.5 Å². The molecular formula is C18H35N3O2.